The highest BCUT2D eigenvalue weighted by Gasteiger charge is 2.37. The fraction of sp³-hybridized carbons (Fsp3) is 0.769. The summed E-state index contributed by atoms with van der Waals surface area (Å²) in [6, 6.07) is 2.16. The molecule has 3 rings (SSSR count). The fourth-order valence-electron chi connectivity index (χ4n) is 2.44. The lowest BCUT2D eigenvalue weighted by Crippen LogP contribution is -2.24. The molecule has 3 nitrogen and oxygen atoms in total. The highest BCUT2D eigenvalue weighted by molar-refractivity contribution is 5.06. The average Bonchev–Trinajstić information content (AvgIpc) is 2.78. The van der Waals surface area contributed by atoms with Crippen LogP contribution in [0.2, 0.25) is 0 Å². The van der Waals surface area contributed by atoms with Crippen molar-refractivity contribution < 1.29 is 0 Å². The van der Waals surface area contributed by atoms with Gasteiger partial charge in [-0.1, -0.05) is 6.42 Å². The van der Waals surface area contributed by atoms with E-state index in [-0.39, 0.29) is 5.54 Å². The third kappa shape index (κ3) is 2.14. The Morgan fingerprint density at radius 1 is 1.44 bits per heavy atom. The van der Waals surface area contributed by atoms with Gasteiger partial charge in [0, 0.05) is 24.0 Å². The van der Waals surface area contributed by atoms with Crippen LogP contribution in [0.5, 0.6) is 0 Å². The van der Waals surface area contributed by atoms with Crippen molar-refractivity contribution in [2.75, 3.05) is 0 Å². The molecule has 0 unspecified atom stereocenters. The second-order valence-electron chi connectivity index (χ2n) is 5.66. The van der Waals surface area contributed by atoms with Crippen molar-refractivity contribution in [3.05, 3.63) is 18.0 Å². The largest absolute Gasteiger partial charge is 0.325 e. The number of aryl methyl sites for hydroxylation is 1. The Kier molecular flexibility index (Phi) is 2.51. The minimum Gasteiger partial charge on any atom is -0.325 e. The molecule has 0 radical (unpaired) electrons. The lowest BCUT2D eigenvalue weighted by atomic mass is 9.85. The Labute approximate surface area is 97.0 Å². The normalized spacial score (nSPS) is 23.1. The maximum Gasteiger partial charge on any atom is 0.0492 e. The van der Waals surface area contributed by atoms with Gasteiger partial charge in [-0.15, -0.1) is 0 Å². The first-order valence-electron chi connectivity index (χ1n) is 6.55. The van der Waals surface area contributed by atoms with Gasteiger partial charge in [-0.3, -0.25) is 4.68 Å². The van der Waals surface area contributed by atoms with Crippen LogP contribution in [0.1, 0.15) is 44.2 Å². The highest BCUT2D eigenvalue weighted by atomic mass is 15.3. The van der Waals surface area contributed by atoms with Gasteiger partial charge < -0.3 is 5.73 Å². The SMILES string of the molecule is NC1(CCc2ccnn2CC2CCC2)CC1. The summed E-state index contributed by atoms with van der Waals surface area (Å²) in [7, 11) is 0. The topological polar surface area (TPSA) is 43.8 Å². The summed E-state index contributed by atoms with van der Waals surface area (Å²) < 4.78 is 2.20. The Morgan fingerprint density at radius 2 is 2.25 bits per heavy atom. The van der Waals surface area contributed by atoms with Crippen molar-refractivity contribution >= 4 is 0 Å². The van der Waals surface area contributed by atoms with E-state index in [2.05, 4.69) is 15.8 Å². The minimum atomic E-state index is 0.172. The van der Waals surface area contributed by atoms with Gasteiger partial charge in [-0.25, -0.2) is 0 Å². The predicted molar refractivity (Wildman–Crippen MR) is 64.0 cm³/mol. The summed E-state index contributed by atoms with van der Waals surface area (Å²) in [5.41, 5.74) is 7.67. The number of aromatic nitrogens is 2. The molecule has 16 heavy (non-hydrogen) atoms. The van der Waals surface area contributed by atoms with Crippen LogP contribution in [-0.2, 0) is 13.0 Å². The summed E-state index contributed by atoms with van der Waals surface area (Å²) in [5, 5.41) is 4.43. The molecule has 0 atom stereocenters. The van der Waals surface area contributed by atoms with Crippen molar-refractivity contribution in [3.63, 3.8) is 0 Å². The molecule has 0 saturated heterocycles. The van der Waals surface area contributed by atoms with E-state index in [1.807, 2.05) is 6.20 Å². The quantitative estimate of drug-likeness (QED) is 0.824. The van der Waals surface area contributed by atoms with Crippen molar-refractivity contribution in [1.29, 1.82) is 0 Å². The Morgan fingerprint density at radius 3 is 2.88 bits per heavy atom. The third-order valence-electron chi connectivity index (χ3n) is 4.23. The van der Waals surface area contributed by atoms with E-state index in [0.717, 1.165) is 25.3 Å². The maximum atomic E-state index is 6.12. The van der Waals surface area contributed by atoms with Crippen LogP contribution in [0.3, 0.4) is 0 Å². The first kappa shape index (κ1) is 10.3. The van der Waals surface area contributed by atoms with Gasteiger partial charge in [0.15, 0.2) is 0 Å². The van der Waals surface area contributed by atoms with E-state index in [0.29, 0.717) is 0 Å². The first-order valence-corrected chi connectivity index (χ1v) is 6.55. The van der Waals surface area contributed by atoms with E-state index < -0.39 is 0 Å². The summed E-state index contributed by atoms with van der Waals surface area (Å²) in [4.78, 5) is 0. The van der Waals surface area contributed by atoms with Crippen molar-refractivity contribution in [3.8, 4) is 0 Å². The second kappa shape index (κ2) is 3.88. The molecule has 3 heteroatoms. The molecule has 2 aliphatic rings. The van der Waals surface area contributed by atoms with Crippen LogP contribution in [0, 0.1) is 5.92 Å². The molecule has 88 valence electrons. The molecule has 0 amide bonds. The van der Waals surface area contributed by atoms with Gasteiger partial charge in [-0.05, 0) is 50.5 Å². The van der Waals surface area contributed by atoms with Crippen molar-refractivity contribution in [2.45, 2.75) is 57.0 Å². The van der Waals surface area contributed by atoms with E-state index in [1.54, 1.807) is 0 Å². The monoisotopic (exact) mass is 219 g/mol. The van der Waals surface area contributed by atoms with Crippen LogP contribution in [0.25, 0.3) is 0 Å². The molecule has 0 spiro atoms. The number of rotatable bonds is 5. The van der Waals surface area contributed by atoms with Crippen LogP contribution >= 0.6 is 0 Å². The zero-order chi connectivity index (χ0) is 11.0. The smallest absolute Gasteiger partial charge is 0.0492 e. The van der Waals surface area contributed by atoms with Crippen LogP contribution in [0.15, 0.2) is 12.3 Å². The molecular weight excluding hydrogens is 198 g/mol. The fourth-order valence-corrected chi connectivity index (χ4v) is 2.44. The number of nitrogens with two attached hydrogens (primary N) is 1. The number of hydrogen-bond acceptors (Lipinski definition) is 2. The molecule has 2 saturated carbocycles. The molecule has 2 aliphatic carbocycles. The minimum absolute atomic E-state index is 0.172. The number of nitrogens with zero attached hydrogens (tertiary/aromatic N) is 2. The zero-order valence-electron chi connectivity index (χ0n) is 9.86. The van der Waals surface area contributed by atoms with Crippen LogP contribution in [-0.4, -0.2) is 15.3 Å². The molecule has 2 N–H and O–H groups in total. The average molecular weight is 219 g/mol. The number of hydrogen-bond donors (Lipinski definition) is 1. The Hall–Kier alpha value is -0.830. The molecule has 1 aromatic heterocycles. The van der Waals surface area contributed by atoms with Gasteiger partial charge >= 0.3 is 0 Å². The molecule has 1 heterocycles. The molecule has 0 aliphatic heterocycles. The van der Waals surface area contributed by atoms with Gasteiger partial charge in [0.2, 0.25) is 0 Å². The molecule has 0 bridgehead atoms. The lowest BCUT2D eigenvalue weighted by Gasteiger charge is -2.26. The molecule has 0 aromatic carbocycles. The van der Waals surface area contributed by atoms with Gasteiger partial charge in [-0.2, -0.15) is 5.10 Å². The third-order valence-corrected chi connectivity index (χ3v) is 4.23. The maximum absolute atomic E-state index is 6.12. The van der Waals surface area contributed by atoms with Crippen LogP contribution < -0.4 is 5.73 Å². The Bertz CT molecular complexity index is 361. The highest BCUT2D eigenvalue weighted by Crippen LogP contribution is 2.36. The van der Waals surface area contributed by atoms with Gasteiger partial charge in [0.05, 0.1) is 0 Å². The molecule has 2 fully saturated rings. The summed E-state index contributed by atoms with van der Waals surface area (Å²) in [6.07, 6.45) is 10.8. The van der Waals surface area contributed by atoms with E-state index in [4.69, 9.17) is 5.73 Å². The van der Waals surface area contributed by atoms with Crippen LogP contribution in [0.4, 0.5) is 0 Å². The lowest BCUT2D eigenvalue weighted by molar-refractivity contribution is 0.263. The molecular formula is C13H21N3. The standard InChI is InChI=1S/C13H21N3/c14-13(7-8-13)6-4-12-5-9-15-16(12)10-11-2-1-3-11/h5,9,11H,1-4,6-8,10,14H2. The summed E-state index contributed by atoms with van der Waals surface area (Å²) in [5.74, 6) is 0.881. The van der Waals surface area contributed by atoms with E-state index in [1.165, 1.54) is 37.8 Å². The van der Waals surface area contributed by atoms with Crippen molar-refractivity contribution in [2.24, 2.45) is 11.7 Å². The Balaban J connectivity index is 1.58. The van der Waals surface area contributed by atoms with E-state index in [9.17, 15) is 0 Å². The van der Waals surface area contributed by atoms with Crippen molar-refractivity contribution in [1.82, 2.24) is 9.78 Å². The summed E-state index contributed by atoms with van der Waals surface area (Å²) in [6.45, 7) is 1.12. The summed E-state index contributed by atoms with van der Waals surface area (Å²) >= 11 is 0. The second-order valence-corrected chi connectivity index (χ2v) is 5.66. The van der Waals surface area contributed by atoms with E-state index >= 15 is 0 Å². The zero-order valence-corrected chi connectivity index (χ0v) is 9.86. The molecule has 1 aromatic rings. The van der Waals surface area contributed by atoms with Gasteiger partial charge in [0.1, 0.15) is 0 Å². The first-order chi connectivity index (χ1) is 7.75. The predicted octanol–water partition coefficient (Wildman–Crippen LogP) is 2.11. The van der Waals surface area contributed by atoms with Gasteiger partial charge in [0.25, 0.3) is 0 Å².